The summed E-state index contributed by atoms with van der Waals surface area (Å²) in [4.78, 5) is 17.5. The van der Waals surface area contributed by atoms with E-state index in [4.69, 9.17) is 4.74 Å². The molecule has 0 aliphatic carbocycles. The second-order valence-corrected chi connectivity index (χ2v) is 8.05. The van der Waals surface area contributed by atoms with Crippen LogP contribution in [0.3, 0.4) is 0 Å². The molecule has 2 aromatic heterocycles. The summed E-state index contributed by atoms with van der Waals surface area (Å²) >= 11 is 0. The van der Waals surface area contributed by atoms with Crippen molar-refractivity contribution in [1.82, 2.24) is 25.2 Å². The summed E-state index contributed by atoms with van der Waals surface area (Å²) in [5.74, 6) is 0.958. The largest absolute Gasteiger partial charge is 0.507 e. The molecule has 0 amide bonds. The SMILES string of the molecule is CCCc1c(OCc2cccc(-c3nnn(CCc4cccnc4)n3)c2)ccc(C(C)=O)c1O. The summed E-state index contributed by atoms with van der Waals surface area (Å²) < 4.78 is 6.04. The number of aromatic hydroxyl groups is 1. The van der Waals surface area contributed by atoms with Gasteiger partial charge in [0.2, 0.25) is 5.82 Å². The van der Waals surface area contributed by atoms with Gasteiger partial charge in [-0.1, -0.05) is 37.6 Å². The molecule has 0 saturated carbocycles. The molecule has 4 aromatic rings. The fraction of sp³-hybridized carbons (Fsp3) is 0.269. The van der Waals surface area contributed by atoms with E-state index >= 15 is 0 Å². The zero-order valence-electron chi connectivity index (χ0n) is 19.3. The minimum absolute atomic E-state index is 0.00713. The molecule has 2 heterocycles. The predicted octanol–water partition coefficient (Wildman–Crippen LogP) is 4.42. The smallest absolute Gasteiger partial charge is 0.204 e. The molecule has 0 saturated heterocycles. The number of tetrazole rings is 1. The summed E-state index contributed by atoms with van der Waals surface area (Å²) in [6.07, 6.45) is 5.80. The van der Waals surface area contributed by atoms with E-state index < -0.39 is 0 Å². The Morgan fingerprint density at radius 2 is 1.94 bits per heavy atom. The number of aromatic nitrogens is 5. The van der Waals surface area contributed by atoms with Gasteiger partial charge in [-0.05, 0) is 60.4 Å². The molecule has 8 nitrogen and oxygen atoms in total. The topological polar surface area (TPSA) is 103 Å². The first-order valence-corrected chi connectivity index (χ1v) is 11.3. The first-order chi connectivity index (χ1) is 16.5. The van der Waals surface area contributed by atoms with E-state index in [1.165, 1.54) is 6.92 Å². The number of ketones is 1. The lowest BCUT2D eigenvalue weighted by Gasteiger charge is -2.15. The van der Waals surface area contributed by atoms with Crippen molar-refractivity contribution < 1.29 is 14.6 Å². The van der Waals surface area contributed by atoms with Gasteiger partial charge in [0.05, 0.1) is 12.1 Å². The molecular formula is C26H27N5O3. The molecule has 2 aromatic carbocycles. The van der Waals surface area contributed by atoms with E-state index in [9.17, 15) is 9.90 Å². The number of hydrogen-bond donors (Lipinski definition) is 1. The van der Waals surface area contributed by atoms with Crippen LogP contribution < -0.4 is 4.74 Å². The maximum atomic E-state index is 11.8. The number of rotatable bonds is 10. The number of aryl methyl sites for hydroxylation is 2. The van der Waals surface area contributed by atoms with E-state index in [2.05, 4.69) is 20.4 Å². The highest BCUT2D eigenvalue weighted by Crippen LogP contribution is 2.33. The Labute approximate surface area is 198 Å². The van der Waals surface area contributed by atoms with E-state index in [0.717, 1.165) is 29.5 Å². The zero-order chi connectivity index (χ0) is 23.9. The number of phenolic OH excluding ortho intramolecular Hbond substituents is 1. The minimum Gasteiger partial charge on any atom is -0.507 e. The third kappa shape index (κ3) is 5.46. The highest BCUT2D eigenvalue weighted by molar-refractivity contribution is 5.97. The Morgan fingerprint density at radius 1 is 1.09 bits per heavy atom. The molecule has 1 N–H and O–H groups in total. The molecule has 0 aliphatic rings. The zero-order valence-corrected chi connectivity index (χ0v) is 19.3. The van der Waals surface area contributed by atoms with Crippen molar-refractivity contribution in [2.45, 2.75) is 46.3 Å². The number of ether oxygens (including phenoxy) is 1. The molecule has 34 heavy (non-hydrogen) atoms. The average molecular weight is 458 g/mol. The molecule has 0 fully saturated rings. The Hall–Kier alpha value is -4.07. The maximum absolute atomic E-state index is 11.8. The molecule has 4 rings (SSSR count). The lowest BCUT2D eigenvalue weighted by atomic mass is 10.0. The van der Waals surface area contributed by atoms with Crippen molar-refractivity contribution in [1.29, 1.82) is 0 Å². The number of phenols is 1. The number of carbonyl (C=O) groups excluding carboxylic acids is 1. The molecule has 0 unspecified atom stereocenters. The Balaban J connectivity index is 1.45. The third-order valence-corrected chi connectivity index (χ3v) is 5.47. The molecule has 174 valence electrons. The lowest BCUT2D eigenvalue weighted by molar-refractivity contribution is 0.101. The van der Waals surface area contributed by atoms with Gasteiger partial charge in [-0.2, -0.15) is 4.80 Å². The van der Waals surface area contributed by atoms with Gasteiger partial charge < -0.3 is 9.84 Å². The van der Waals surface area contributed by atoms with Gasteiger partial charge in [-0.3, -0.25) is 9.78 Å². The van der Waals surface area contributed by atoms with Gasteiger partial charge in [0.25, 0.3) is 0 Å². The van der Waals surface area contributed by atoms with Crippen LogP contribution in [0.2, 0.25) is 0 Å². The van der Waals surface area contributed by atoms with E-state index in [0.29, 0.717) is 42.3 Å². The van der Waals surface area contributed by atoms with Crippen LogP contribution in [0.1, 0.15) is 47.3 Å². The standard InChI is InChI=1S/C26H27N5O3/c1-3-6-23-24(11-10-22(18(2)32)25(23)33)34-17-20-7-4-9-21(15-20)26-28-30-31(29-26)14-12-19-8-5-13-27-16-19/h4-5,7-11,13,15-16,33H,3,6,12,14,17H2,1-2H3. The van der Waals surface area contributed by atoms with E-state index in [1.54, 1.807) is 23.1 Å². The first-order valence-electron chi connectivity index (χ1n) is 11.3. The van der Waals surface area contributed by atoms with Crippen LogP contribution in [0.4, 0.5) is 0 Å². The van der Waals surface area contributed by atoms with Crippen molar-refractivity contribution in [2.75, 3.05) is 0 Å². The van der Waals surface area contributed by atoms with Gasteiger partial charge in [-0.25, -0.2) is 0 Å². The second-order valence-electron chi connectivity index (χ2n) is 8.05. The molecule has 0 radical (unpaired) electrons. The van der Waals surface area contributed by atoms with Crippen molar-refractivity contribution in [3.63, 3.8) is 0 Å². The summed E-state index contributed by atoms with van der Waals surface area (Å²) in [6, 6.07) is 15.1. The van der Waals surface area contributed by atoms with Crippen LogP contribution in [0.15, 0.2) is 60.9 Å². The highest BCUT2D eigenvalue weighted by Gasteiger charge is 2.16. The Kier molecular flexibility index (Phi) is 7.27. The molecule has 0 atom stereocenters. The van der Waals surface area contributed by atoms with Crippen LogP contribution in [0.5, 0.6) is 11.5 Å². The summed E-state index contributed by atoms with van der Waals surface area (Å²) in [7, 11) is 0. The summed E-state index contributed by atoms with van der Waals surface area (Å²) in [5, 5.41) is 23.4. The van der Waals surface area contributed by atoms with Gasteiger partial charge in [0, 0.05) is 23.5 Å². The second kappa shape index (κ2) is 10.7. The van der Waals surface area contributed by atoms with Gasteiger partial charge >= 0.3 is 0 Å². The number of pyridine rings is 1. The number of Topliss-reactive ketones (excluding diaryl/α,β-unsaturated/α-hetero) is 1. The fourth-order valence-electron chi connectivity index (χ4n) is 3.72. The molecule has 8 heteroatoms. The van der Waals surface area contributed by atoms with Crippen molar-refractivity contribution in [3.05, 3.63) is 83.2 Å². The molecule has 0 bridgehead atoms. The van der Waals surface area contributed by atoms with Gasteiger partial charge in [-0.15, -0.1) is 10.2 Å². The Morgan fingerprint density at radius 3 is 2.71 bits per heavy atom. The highest BCUT2D eigenvalue weighted by atomic mass is 16.5. The maximum Gasteiger partial charge on any atom is 0.204 e. The summed E-state index contributed by atoms with van der Waals surface area (Å²) in [6.45, 7) is 4.38. The minimum atomic E-state index is -0.171. The van der Waals surface area contributed by atoms with Crippen LogP contribution in [-0.2, 0) is 26.0 Å². The van der Waals surface area contributed by atoms with Crippen LogP contribution in [-0.4, -0.2) is 36.1 Å². The number of carbonyl (C=O) groups is 1. The Bertz CT molecular complexity index is 1270. The van der Waals surface area contributed by atoms with Crippen molar-refractivity contribution >= 4 is 5.78 Å². The lowest BCUT2D eigenvalue weighted by Crippen LogP contribution is -2.05. The van der Waals surface area contributed by atoms with E-state index in [1.807, 2.05) is 49.5 Å². The molecule has 0 aliphatic heterocycles. The van der Waals surface area contributed by atoms with Crippen LogP contribution >= 0.6 is 0 Å². The van der Waals surface area contributed by atoms with Crippen LogP contribution in [0, 0.1) is 0 Å². The fourth-order valence-corrected chi connectivity index (χ4v) is 3.72. The average Bonchev–Trinajstić information content (AvgIpc) is 3.33. The van der Waals surface area contributed by atoms with Crippen molar-refractivity contribution in [3.8, 4) is 22.9 Å². The van der Waals surface area contributed by atoms with Gasteiger partial charge in [0.15, 0.2) is 5.78 Å². The van der Waals surface area contributed by atoms with E-state index in [-0.39, 0.29) is 11.5 Å². The monoisotopic (exact) mass is 457 g/mol. The molecular weight excluding hydrogens is 430 g/mol. The number of nitrogens with zero attached hydrogens (tertiary/aromatic N) is 5. The third-order valence-electron chi connectivity index (χ3n) is 5.47. The predicted molar refractivity (Wildman–Crippen MR) is 128 cm³/mol. The van der Waals surface area contributed by atoms with Crippen molar-refractivity contribution in [2.24, 2.45) is 0 Å². The molecule has 0 spiro atoms. The first kappa shape index (κ1) is 23.1. The number of hydrogen-bond acceptors (Lipinski definition) is 7. The quantitative estimate of drug-likeness (QED) is 0.352. The number of benzene rings is 2. The van der Waals surface area contributed by atoms with Gasteiger partial charge in [0.1, 0.15) is 18.1 Å². The summed E-state index contributed by atoms with van der Waals surface area (Å²) in [5.41, 5.74) is 3.87. The normalized spacial score (nSPS) is 10.9. The van der Waals surface area contributed by atoms with Crippen LogP contribution in [0.25, 0.3) is 11.4 Å².